The molecule has 8 heterocycles. The van der Waals surface area contributed by atoms with Crippen LogP contribution in [0.3, 0.4) is 0 Å². The Morgan fingerprint density at radius 3 is 1.47 bits per heavy atom. The van der Waals surface area contributed by atoms with Crippen molar-refractivity contribution in [1.29, 1.82) is 0 Å². The first-order chi connectivity index (χ1) is 40.0. The molecule has 1 unspecified atom stereocenters. The van der Waals surface area contributed by atoms with E-state index in [0.717, 1.165) is 18.0 Å². The number of phosphoric acid groups is 1. The van der Waals surface area contributed by atoms with E-state index in [-0.39, 0.29) is 93.6 Å². The zero-order valence-electron chi connectivity index (χ0n) is 44.3. The quantitative estimate of drug-likeness (QED) is 0.0384. The molecule has 434 valence electrons. The lowest BCUT2D eigenvalue weighted by Gasteiger charge is -2.38. The summed E-state index contributed by atoms with van der Waals surface area (Å²) in [4.78, 5) is 35.6. The van der Waals surface area contributed by atoms with E-state index in [9.17, 15) is 32.1 Å². The molecule has 0 radical (unpaired) electrons. The summed E-state index contributed by atoms with van der Waals surface area (Å²) in [7, 11) is -8.34. The Morgan fingerprint density at radius 2 is 1.04 bits per heavy atom. The zero-order valence-corrected chi connectivity index (χ0v) is 46.1. The van der Waals surface area contributed by atoms with Crippen molar-refractivity contribution in [2.45, 2.75) is 56.6 Å². The monoisotopic (exact) mass is 1180 g/mol. The van der Waals surface area contributed by atoms with Gasteiger partial charge in [-0.15, -0.1) is 0 Å². The second kappa shape index (κ2) is 25.7. The topological polar surface area (TPSA) is 284 Å². The van der Waals surface area contributed by atoms with Crippen LogP contribution in [0.5, 0.6) is 0 Å². The summed E-state index contributed by atoms with van der Waals surface area (Å²) >= 11 is 0. The van der Waals surface area contributed by atoms with Crippen molar-refractivity contribution in [3.8, 4) is 45.8 Å². The van der Waals surface area contributed by atoms with Crippen LogP contribution in [-0.4, -0.2) is 117 Å². The zero-order chi connectivity index (χ0) is 58.0. The van der Waals surface area contributed by atoms with E-state index in [4.69, 9.17) is 32.1 Å². The Balaban J connectivity index is 0.000000188. The molecule has 2 fully saturated rings. The molecule has 4 N–H and O–H groups in total. The van der Waals surface area contributed by atoms with Crippen molar-refractivity contribution >= 4 is 27.1 Å². The number of hydrogen-bond donors (Lipinski definition) is 4. The van der Waals surface area contributed by atoms with E-state index < -0.39 is 44.1 Å². The number of anilines is 2. The van der Waals surface area contributed by atoms with Gasteiger partial charge in [0.05, 0.1) is 49.1 Å². The van der Waals surface area contributed by atoms with Crippen molar-refractivity contribution in [3.63, 3.8) is 0 Å². The van der Waals surface area contributed by atoms with E-state index >= 15 is 4.39 Å². The highest BCUT2D eigenvalue weighted by atomic mass is 31.2. The maximum absolute atomic E-state index is 15.0. The fraction of sp³-hybridized carbons (Fsp3) is 0.296. The van der Waals surface area contributed by atoms with E-state index in [1.165, 1.54) is 36.0 Å². The van der Waals surface area contributed by atoms with Gasteiger partial charge >= 0.3 is 15.4 Å². The molecule has 29 heteroatoms. The van der Waals surface area contributed by atoms with Crippen LogP contribution in [-0.2, 0) is 51.9 Å². The second-order valence-corrected chi connectivity index (χ2v) is 22.5. The minimum atomic E-state index is -4.82. The molecule has 0 aliphatic carbocycles. The van der Waals surface area contributed by atoms with Gasteiger partial charge < -0.3 is 48.0 Å². The lowest BCUT2D eigenvalue weighted by Crippen LogP contribution is -2.44. The van der Waals surface area contributed by atoms with Crippen LogP contribution in [0.15, 0.2) is 137 Å². The van der Waals surface area contributed by atoms with Crippen molar-refractivity contribution < 1.29 is 68.6 Å². The largest absolute Gasteiger partial charge is 0.470 e. The lowest BCUT2D eigenvalue weighted by molar-refractivity contribution is -0.0509. The molecule has 11 rings (SSSR count). The summed E-state index contributed by atoms with van der Waals surface area (Å²) in [5.74, 6) is -2.36. The van der Waals surface area contributed by atoms with Gasteiger partial charge in [0.25, 0.3) is 0 Å². The molecule has 9 aromatic rings. The van der Waals surface area contributed by atoms with Gasteiger partial charge in [0.15, 0.2) is 34.9 Å². The Labute approximate surface area is 471 Å². The molecule has 0 bridgehead atoms. The third-order valence-electron chi connectivity index (χ3n) is 13.4. The summed E-state index contributed by atoms with van der Waals surface area (Å²) in [6, 6.07) is 28.6. The average molecular weight is 1190 g/mol. The number of rotatable bonds is 21. The summed E-state index contributed by atoms with van der Waals surface area (Å²) in [6.07, 6.45) is 6.00. The number of aromatic nitrogens is 10. The van der Waals surface area contributed by atoms with Crippen LogP contribution in [0.25, 0.3) is 45.8 Å². The molecule has 6 aromatic heterocycles. The second-order valence-electron chi connectivity index (χ2n) is 19.4. The smallest absolute Gasteiger partial charge is 0.381 e. The summed E-state index contributed by atoms with van der Waals surface area (Å²) < 4.78 is 124. The van der Waals surface area contributed by atoms with Crippen LogP contribution >= 0.6 is 15.4 Å². The Hall–Kier alpha value is -7.84. The molecule has 0 spiro atoms. The molecule has 83 heavy (non-hydrogen) atoms. The summed E-state index contributed by atoms with van der Waals surface area (Å²) in [5.41, 5.74) is 1.95. The highest BCUT2D eigenvalue weighted by Gasteiger charge is 2.41. The SMILES string of the molecule is CP(=O)(OCc1ccccc1)OC1(CNc2nc(-c3cc(-c4ccon4)n(Cc4ccccc4F)n3)ncc2F)CCOCC1.O=P(O)(O)OC1(CNc2nc(-c3cc(-c4ccon4)n(Cc4ccccc4F)n3)ncc2F)CCOCC1. The first kappa shape index (κ1) is 58.4. The van der Waals surface area contributed by atoms with Gasteiger partial charge in [0.1, 0.15) is 52.5 Å². The number of nitrogens with zero attached hydrogens (tertiary/aromatic N) is 10. The number of benzene rings is 3. The van der Waals surface area contributed by atoms with Crippen molar-refractivity contribution in [3.05, 3.63) is 168 Å². The molecule has 0 saturated carbocycles. The van der Waals surface area contributed by atoms with E-state index in [2.05, 4.69) is 51.1 Å². The summed E-state index contributed by atoms with van der Waals surface area (Å²) in [5, 5.41) is 22.9. The predicted octanol–water partition coefficient (Wildman–Crippen LogP) is 9.73. The van der Waals surface area contributed by atoms with Gasteiger partial charge in [-0.3, -0.25) is 18.5 Å². The van der Waals surface area contributed by atoms with Gasteiger partial charge in [0, 0.05) is 95.1 Å². The van der Waals surface area contributed by atoms with Crippen LogP contribution in [0.1, 0.15) is 42.4 Å². The number of nitrogens with one attached hydrogen (secondary N) is 2. The van der Waals surface area contributed by atoms with Crippen LogP contribution in [0, 0.1) is 23.3 Å². The first-order valence-corrected chi connectivity index (χ1v) is 29.4. The average Bonchev–Trinajstić information content (AvgIpc) is 4.50. The van der Waals surface area contributed by atoms with E-state index in [1.54, 1.807) is 65.3 Å². The normalized spacial score (nSPS) is 15.7. The van der Waals surface area contributed by atoms with Gasteiger partial charge in [-0.1, -0.05) is 77.0 Å². The van der Waals surface area contributed by atoms with Crippen LogP contribution in [0.2, 0.25) is 0 Å². The van der Waals surface area contributed by atoms with Gasteiger partial charge in [-0.25, -0.2) is 42.1 Å². The highest BCUT2D eigenvalue weighted by molar-refractivity contribution is 7.53. The molecule has 2 aliphatic heterocycles. The predicted molar refractivity (Wildman–Crippen MR) is 290 cm³/mol. The molecule has 3 aromatic carbocycles. The number of ether oxygens (including phenoxy) is 2. The lowest BCUT2D eigenvalue weighted by atomic mass is 9.94. The van der Waals surface area contributed by atoms with Gasteiger partial charge in [-0.05, 0) is 29.8 Å². The van der Waals surface area contributed by atoms with Crippen molar-refractivity contribution in [1.82, 2.24) is 49.8 Å². The number of halogens is 4. The van der Waals surface area contributed by atoms with Gasteiger partial charge in [-0.2, -0.15) is 10.2 Å². The standard InChI is InChI=1S/C31H31F2N6O5P.C23H23F2N6O6P/c1-45(40,43-20-22-7-3-2-4-8-22)44-31(12-15-41-16-13-31)21-35-29-25(33)18-34-30(36-29)27-17-28(26-11-14-42-38-26)39(37-27)19-23-9-5-6-10-24(23)32;24-16-4-2-1-3-15(16)13-31-20(18-5-8-36-30-18)11-19(29-31)22-26-12-17(25)21(28-22)27-14-23(37-38(32,33)34)6-9-35-10-7-23/h2-11,14,17-18H,12-13,15-16,19-21H2,1H3,(H,34,35,36);1-5,8,11-12H,6-7,9-10,13-14H2,(H,26,27,28)(H2,32,33,34). The maximum atomic E-state index is 15.0. The molecular formula is C54H54F4N12O11P2. The van der Waals surface area contributed by atoms with E-state index in [1.807, 2.05) is 30.3 Å². The summed E-state index contributed by atoms with van der Waals surface area (Å²) in [6.45, 7) is 2.89. The molecule has 2 saturated heterocycles. The third-order valence-corrected chi connectivity index (χ3v) is 15.3. The molecule has 2 aliphatic rings. The highest BCUT2D eigenvalue weighted by Crippen LogP contribution is 2.51. The minimum Gasteiger partial charge on any atom is -0.381 e. The third kappa shape index (κ3) is 15.1. The molecule has 23 nitrogen and oxygen atoms in total. The molecular weight excluding hydrogens is 1130 g/mol. The fourth-order valence-corrected chi connectivity index (χ4v) is 11.3. The van der Waals surface area contributed by atoms with Gasteiger partial charge in [0.2, 0.25) is 0 Å². The Morgan fingerprint density at radius 1 is 0.590 bits per heavy atom. The molecule has 1 atom stereocenters. The Bertz CT molecular complexity index is 3710. The van der Waals surface area contributed by atoms with E-state index in [0.29, 0.717) is 65.7 Å². The van der Waals surface area contributed by atoms with Crippen LogP contribution < -0.4 is 10.6 Å². The molecule has 0 amide bonds. The fourth-order valence-electron chi connectivity index (χ4n) is 9.17. The van der Waals surface area contributed by atoms with Crippen LogP contribution in [0.4, 0.5) is 29.2 Å². The number of hydrogen-bond acceptors (Lipinski definition) is 19. The van der Waals surface area contributed by atoms with Crippen molar-refractivity contribution in [2.75, 3.05) is 56.8 Å². The number of phosphoric ester groups is 1. The maximum Gasteiger partial charge on any atom is 0.470 e. The van der Waals surface area contributed by atoms with Crippen molar-refractivity contribution in [2.24, 2.45) is 0 Å². The first-order valence-electron chi connectivity index (χ1n) is 25.9. The Kier molecular flexibility index (Phi) is 18.1. The minimum absolute atomic E-state index is 0.0582.